The Labute approximate surface area is 93.6 Å². The molecular formula is C11H13ClO3. The summed E-state index contributed by atoms with van der Waals surface area (Å²) in [5.74, 6) is -0.292. The lowest BCUT2D eigenvalue weighted by Crippen LogP contribution is -2.30. The van der Waals surface area contributed by atoms with Crippen LogP contribution < -0.4 is 0 Å². The van der Waals surface area contributed by atoms with Crippen LogP contribution in [0.5, 0.6) is 5.75 Å². The van der Waals surface area contributed by atoms with Gasteiger partial charge in [0.25, 0.3) is 0 Å². The largest absolute Gasteiger partial charge is 0.508 e. The predicted octanol–water partition coefficient (Wildman–Crippen LogP) is 2.50. The Morgan fingerprint density at radius 3 is 2.53 bits per heavy atom. The molecule has 0 aliphatic carbocycles. The average molecular weight is 229 g/mol. The van der Waals surface area contributed by atoms with E-state index in [0.717, 1.165) is 0 Å². The lowest BCUT2D eigenvalue weighted by Gasteiger charge is -2.23. The molecular weight excluding hydrogens is 216 g/mol. The van der Waals surface area contributed by atoms with Crippen molar-refractivity contribution in [2.24, 2.45) is 0 Å². The molecule has 0 atom stereocenters. The standard InChI is InChI=1S/C11H13ClO3/c1-11(2,10(14)15-3)8-5-4-7(13)6-9(8)12/h4-6,13H,1-3H3. The number of phenols is 1. The summed E-state index contributed by atoms with van der Waals surface area (Å²) < 4.78 is 4.69. The number of rotatable bonds is 2. The maximum atomic E-state index is 11.5. The zero-order valence-corrected chi connectivity index (χ0v) is 9.63. The van der Waals surface area contributed by atoms with Gasteiger partial charge < -0.3 is 9.84 Å². The highest BCUT2D eigenvalue weighted by molar-refractivity contribution is 6.31. The number of halogens is 1. The van der Waals surface area contributed by atoms with Crippen LogP contribution in [0.2, 0.25) is 5.02 Å². The summed E-state index contributed by atoms with van der Waals surface area (Å²) in [4.78, 5) is 11.5. The van der Waals surface area contributed by atoms with Crippen molar-refractivity contribution in [1.82, 2.24) is 0 Å². The van der Waals surface area contributed by atoms with E-state index in [-0.39, 0.29) is 11.7 Å². The highest BCUT2D eigenvalue weighted by atomic mass is 35.5. The van der Waals surface area contributed by atoms with E-state index in [1.54, 1.807) is 19.9 Å². The van der Waals surface area contributed by atoms with Crippen molar-refractivity contribution in [2.75, 3.05) is 7.11 Å². The number of carbonyl (C=O) groups excluding carboxylic acids is 1. The second-order valence-corrected chi connectivity index (χ2v) is 4.19. The minimum atomic E-state index is -0.820. The fourth-order valence-electron chi connectivity index (χ4n) is 1.38. The first-order valence-corrected chi connectivity index (χ1v) is 4.85. The number of hydrogen-bond acceptors (Lipinski definition) is 3. The van der Waals surface area contributed by atoms with Crippen LogP contribution in [0.1, 0.15) is 19.4 Å². The van der Waals surface area contributed by atoms with Crippen LogP contribution >= 0.6 is 11.6 Å². The lowest BCUT2D eigenvalue weighted by atomic mass is 9.84. The summed E-state index contributed by atoms with van der Waals surface area (Å²) in [6.45, 7) is 3.44. The van der Waals surface area contributed by atoms with Gasteiger partial charge in [0, 0.05) is 5.02 Å². The summed E-state index contributed by atoms with van der Waals surface area (Å²) in [7, 11) is 1.33. The van der Waals surface area contributed by atoms with Crippen LogP contribution in [0.15, 0.2) is 18.2 Å². The van der Waals surface area contributed by atoms with Crippen molar-refractivity contribution >= 4 is 17.6 Å². The molecule has 0 amide bonds. The second kappa shape index (κ2) is 4.11. The molecule has 0 spiro atoms. The molecule has 3 nitrogen and oxygen atoms in total. The Morgan fingerprint density at radius 1 is 1.47 bits per heavy atom. The summed E-state index contributed by atoms with van der Waals surface area (Å²) >= 11 is 5.95. The Morgan fingerprint density at radius 2 is 2.07 bits per heavy atom. The van der Waals surface area contributed by atoms with Crippen LogP contribution in [0.3, 0.4) is 0 Å². The molecule has 0 aliphatic rings. The van der Waals surface area contributed by atoms with Crippen molar-refractivity contribution in [2.45, 2.75) is 19.3 Å². The SMILES string of the molecule is COC(=O)C(C)(C)c1ccc(O)cc1Cl. The molecule has 0 unspecified atom stereocenters. The van der Waals surface area contributed by atoms with E-state index in [4.69, 9.17) is 16.3 Å². The third-order valence-corrected chi connectivity index (χ3v) is 2.63. The number of phenolic OH excluding ortho intramolecular Hbond substituents is 1. The van der Waals surface area contributed by atoms with Gasteiger partial charge >= 0.3 is 5.97 Å². The van der Waals surface area contributed by atoms with Crippen LogP contribution in [-0.2, 0) is 14.9 Å². The summed E-state index contributed by atoms with van der Waals surface area (Å²) in [5, 5.41) is 9.55. The van der Waals surface area contributed by atoms with E-state index in [1.807, 2.05) is 0 Å². The number of carbonyl (C=O) groups is 1. The van der Waals surface area contributed by atoms with Gasteiger partial charge in [-0.2, -0.15) is 0 Å². The number of esters is 1. The van der Waals surface area contributed by atoms with E-state index in [1.165, 1.54) is 19.2 Å². The van der Waals surface area contributed by atoms with Crippen LogP contribution in [0, 0.1) is 0 Å². The van der Waals surface area contributed by atoms with Crippen LogP contribution in [-0.4, -0.2) is 18.2 Å². The van der Waals surface area contributed by atoms with E-state index in [9.17, 15) is 9.90 Å². The Balaban J connectivity index is 3.21. The normalized spacial score (nSPS) is 11.2. The molecule has 0 aromatic heterocycles. The highest BCUT2D eigenvalue weighted by Gasteiger charge is 2.32. The van der Waals surface area contributed by atoms with Gasteiger partial charge in [-0.25, -0.2) is 0 Å². The van der Waals surface area contributed by atoms with Gasteiger partial charge in [0.1, 0.15) is 5.75 Å². The van der Waals surface area contributed by atoms with E-state index in [2.05, 4.69) is 0 Å². The average Bonchev–Trinajstić information content (AvgIpc) is 2.15. The minimum absolute atomic E-state index is 0.0735. The van der Waals surface area contributed by atoms with E-state index >= 15 is 0 Å². The summed E-state index contributed by atoms with van der Waals surface area (Å²) in [6, 6.07) is 4.52. The molecule has 82 valence electrons. The van der Waals surface area contributed by atoms with E-state index < -0.39 is 5.41 Å². The molecule has 0 radical (unpaired) electrons. The van der Waals surface area contributed by atoms with Crippen molar-refractivity contribution in [3.05, 3.63) is 28.8 Å². The topological polar surface area (TPSA) is 46.5 Å². The Kier molecular flexibility index (Phi) is 3.25. The first-order chi connectivity index (χ1) is 6.89. The van der Waals surface area contributed by atoms with Gasteiger partial charge in [0.05, 0.1) is 12.5 Å². The van der Waals surface area contributed by atoms with Gasteiger partial charge in [-0.05, 0) is 31.5 Å². The molecule has 4 heteroatoms. The molecule has 1 aromatic rings. The van der Waals surface area contributed by atoms with Gasteiger partial charge in [-0.3, -0.25) is 4.79 Å². The molecule has 0 bridgehead atoms. The summed E-state index contributed by atoms with van der Waals surface area (Å²) in [6.07, 6.45) is 0. The maximum Gasteiger partial charge on any atom is 0.315 e. The molecule has 1 rings (SSSR count). The predicted molar refractivity (Wildman–Crippen MR) is 58.2 cm³/mol. The minimum Gasteiger partial charge on any atom is -0.508 e. The van der Waals surface area contributed by atoms with Crippen molar-refractivity contribution in [3.8, 4) is 5.75 Å². The van der Waals surface area contributed by atoms with Gasteiger partial charge in [0.15, 0.2) is 0 Å². The third kappa shape index (κ3) is 2.23. The molecule has 0 heterocycles. The highest BCUT2D eigenvalue weighted by Crippen LogP contribution is 2.32. The first-order valence-electron chi connectivity index (χ1n) is 4.47. The monoisotopic (exact) mass is 228 g/mol. The molecule has 15 heavy (non-hydrogen) atoms. The Hall–Kier alpha value is -1.22. The quantitative estimate of drug-likeness (QED) is 0.792. The lowest BCUT2D eigenvalue weighted by molar-refractivity contribution is -0.146. The Bertz CT molecular complexity index is 385. The van der Waals surface area contributed by atoms with Crippen molar-refractivity contribution in [3.63, 3.8) is 0 Å². The first kappa shape index (κ1) is 11.9. The zero-order chi connectivity index (χ0) is 11.6. The molecule has 1 N–H and O–H groups in total. The number of ether oxygens (including phenoxy) is 1. The number of hydrogen-bond donors (Lipinski definition) is 1. The van der Waals surface area contributed by atoms with Gasteiger partial charge in [-0.1, -0.05) is 17.7 Å². The maximum absolute atomic E-state index is 11.5. The smallest absolute Gasteiger partial charge is 0.315 e. The number of aromatic hydroxyl groups is 1. The third-order valence-electron chi connectivity index (χ3n) is 2.32. The second-order valence-electron chi connectivity index (χ2n) is 3.78. The van der Waals surface area contributed by atoms with Crippen molar-refractivity contribution in [1.29, 1.82) is 0 Å². The van der Waals surface area contributed by atoms with Gasteiger partial charge in [-0.15, -0.1) is 0 Å². The van der Waals surface area contributed by atoms with Crippen molar-refractivity contribution < 1.29 is 14.6 Å². The molecule has 0 fully saturated rings. The van der Waals surface area contributed by atoms with Gasteiger partial charge in [0.2, 0.25) is 0 Å². The summed E-state index contributed by atoms with van der Waals surface area (Å²) in [5.41, 5.74) is -0.187. The molecule has 1 aromatic carbocycles. The van der Waals surface area contributed by atoms with E-state index in [0.29, 0.717) is 10.6 Å². The molecule has 0 saturated carbocycles. The number of methoxy groups -OCH3 is 1. The number of benzene rings is 1. The molecule has 0 aliphatic heterocycles. The molecule has 0 saturated heterocycles. The fraction of sp³-hybridized carbons (Fsp3) is 0.364. The zero-order valence-electron chi connectivity index (χ0n) is 8.87. The van der Waals surface area contributed by atoms with Crippen LogP contribution in [0.25, 0.3) is 0 Å². The fourth-order valence-corrected chi connectivity index (χ4v) is 1.79. The van der Waals surface area contributed by atoms with Crippen LogP contribution in [0.4, 0.5) is 0 Å².